The van der Waals surface area contributed by atoms with E-state index in [0.29, 0.717) is 17.6 Å². The highest BCUT2D eigenvalue weighted by atomic mass is 32.1. The number of rotatable bonds is 4. The predicted octanol–water partition coefficient (Wildman–Crippen LogP) is 3.05. The van der Waals surface area contributed by atoms with E-state index < -0.39 is 0 Å². The molecule has 3 heterocycles. The monoisotopic (exact) mass is 381 g/mol. The Balaban J connectivity index is 1.27. The molecule has 0 spiro atoms. The van der Waals surface area contributed by atoms with Gasteiger partial charge in [0.2, 0.25) is 0 Å². The van der Waals surface area contributed by atoms with Gasteiger partial charge in [-0.05, 0) is 55.2 Å². The van der Waals surface area contributed by atoms with Crippen LogP contribution in [0.4, 0.5) is 0 Å². The van der Waals surface area contributed by atoms with Crippen LogP contribution in [0, 0.1) is 18.8 Å². The van der Waals surface area contributed by atoms with Gasteiger partial charge in [-0.3, -0.25) is 9.20 Å². The molecule has 2 aliphatic rings. The highest BCUT2D eigenvalue weighted by molar-refractivity contribution is 7.15. The van der Waals surface area contributed by atoms with E-state index in [0.717, 1.165) is 48.2 Å². The highest BCUT2D eigenvalue weighted by Gasteiger charge is 2.47. The fourth-order valence-electron chi connectivity index (χ4n) is 4.90. The number of aryl methyl sites for hydroxylation is 1. The van der Waals surface area contributed by atoms with Crippen LogP contribution in [0.2, 0.25) is 0 Å². The first-order valence-corrected chi connectivity index (χ1v) is 10.4. The van der Waals surface area contributed by atoms with E-state index in [-0.39, 0.29) is 5.56 Å². The van der Waals surface area contributed by atoms with Crippen molar-refractivity contribution in [1.82, 2.24) is 14.3 Å². The lowest BCUT2D eigenvalue weighted by atomic mass is 9.64. The van der Waals surface area contributed by atoms with Gasteiger partial charge in [0.15, 0.2) is 4.96 Å². The molecular weight excluding hydrogens is 358 g/mol. The van der Waals surface area contributed by atoms with Gasteiger partial charge >= 0.3 is 0 Å². The number of hydrogen-bond acceptors (Lipinski definition) is 5. The summed E-state index contributed by atoms with van der Waals surface area (Å²) >= 11 is 1.50. The lowest BCUT2D eigenvalue weighted by Gasteiger charge is -2.40. The van der Waals surface area contributed by atoms with Crippen molar-refractivity contribution in [3.05, 3.63) is 63.0 Å². The second-order valence-electron chi connectivity index (χ2n) is 7.91. The minimum absolute atomic E-state index is 0.0820. The molecule has 1 aliphatic heterocycles. The van der Waals surface area contributed by atoms with Gasteiger partial charge in [-0.15, -0.1) is 11.3 Å². The molecule has 2 fully saturated rings. The van der Waals surface area contributed by atoms with Gasteiger partial charge in [-0.1, -0.05) is 12.1 Å². The molecule has 1 aliphatic carbocycles. The fourth-order valence-corrected chi connectivity index (χ4v) is 5.65. The van der Waals surface area contributed by atoms with E-state index in [9.17, 15) is 9.90 Å². The summed E-state index contributed by atoms with van der Waals surface area (Å²) in [5, 5.41) is 11.7. The molecule has 2 aromatic heterocycles. The maximum atomic E-state index is 12.7. The molecule has 0 radical (unpaired) electrons. The molecule has 5 nitrogen and oxygen atoms in total. The van der Waals surface area contributed by atoms with E-state index >= 15 is 0 Å². The van der Waals surface area contributed by atoms with Crippen LogP contribution in [0.5, 0.6) is 5.75 Å². The lowest BCUT2D eigenvalue weighted by molar-refractivity contribution is 0.190. The summed E-state index contributed by atoms with van der Waals surface area (Å²) in [6.07, 6.45) is 3.77. The first-order valence-electron chi connectivity index (χ1n) is 9.57. The van der Waals surface area contributed by atoms with E-state index in [1.54, 1.807) is 10.5 Å². The Morgan fingerprint density at radius 2 is 2.22 bits per heavy atom. The Morgan fingerprint density at radius 3 is 3.07 bits per heavy atom. The SMILES string of the molecule is Cc1nc2sccn2c(=O)c1CCN1CC2CC(c3cccc(O)c3)C2C1. The number of thiazole rings is 1. The lowest BCUT2D eigenvalue weighted by Crippen LogP contribution is -2.33. The molecule has 27 heavy (non-hydrogen) atoms. The predicted molar refractivity (Wildman–Crippen MR) is 107 cm³/mol. The maximum Gasteiger partial charge on any atom is 0.261 e. The van der Waals surface area contributed by atoms with Gasteiger partial charge in [0.25, 0.3) is 5.56 Å². The number of phenolic OH excluding ortho intramolecular Hbond substituents is 1. The normalized spacial score (nSPS) is 24.9. The van der Waals surface area contributed by atoms with Crippen molar-refractivity contribution in [2.45, 2.75) is 25.7 Å². The molecule has 0 bridgehead atoms. The molecule has 1 saturated carbocycles. The Kier molecular flexibility index (Phi) is 4.06. The van der Waals surface area contributed by atoms with E-state index in [1.165, 1.54) is 23.3 Å². The van der Waals surface area contributed by atoms with Crippen LogP contribution < -0.4 is 5.56 Å². The zero-order valence-electron chi connectivity index (χ0n) is 15.3. The first kappa shape index (κ1) is 17.0. The number of fused-ring (bicyclic) bond motifs is 2. The summed E-state index contributed by atoms with van der Waals surface area (Å²) in [4.78, 5) is 20.6. The van der Waals surface area contributed by atoms with E-state index in [2.05, 4.69) is 16.0 Å². The molecule has 1 saturated heterocycles. The summed E-state index contributed by atoms with van der Waals surface area (Å²) in [5.74, 6) is 2.34. The third kappa shape index (κ3) is 2.87. The van der Waals surface area contributed by atoms with Crippen LogP contribution in [0.15, 0.2) is 40.6 Å². The Hall–Kier alpha value is -2.18. The molecule has 1 aromatic carbocycles. The Labute approximate surface area is 161 Å². The summed E-state index contributed by atoms with van der Waals surface area (Å²) in [6.45, 7) is 5.06. The number of hydrogen-bond donors (Lipinski definition) is 1. The summed E-state index contributed by atoms with van der Waals surface area (Å²) in [7, 11) is 0. The molecule has 6 heteroatoms. The van der Waals surface area contributed by atoms with Crippen LogP contribution in [0.25, 0.3) is 4.96 Å². The van der Waals surface area contributed by atoms with E-state index in [4.69, 9.17) is 0 Å². The minimum atomic E-state index is 0.0820. The highest BCUT2D eigenvalue weighted by Crippen LogP contribution is 2.51. The number of nitrogens with zero attached hydrogens (tertiary/aromatic N) is 3. The standard InChI is InChI=1S/C21H23N3O2S/c1-13-17(20(26)24-7-8-27-21(24)22-13)5-6-23-11-15-10-18(19(15)12-23)14-3-2-4-16(25)9-14/h2-4,7-9,15,18-19,25H,5-6,10-12H2,1H3. The van der Waals surface area contributed by atoms with Crippen molar-refractivity contribution in [2.75, 3.05) is 19.6 Å². The number of aromatic nitrogens is 2. The van der Waals surface area contributed by atoms with Gasteiger partial charge in [-0.25, -0.2) is 4.98 Å². The van der Waals surface area contributed by atoms with Crippen molar-refractivity contribution >= 4 is 16.3 Å². The average Bonchev–Trinajstić information content (AvgIpc) is 3.21. The molecule has 3 aromatic rings. The summed E-state index contributed by atoms with van der Waals surface area (Å²) in [6, 6.07) is 7.72. The third-order valence-electron chi connectivity index (χ3n) is 6.38. The van der Waals surface area contributed by atoms with Gasteiger partial charge in [0.05, 0.1) is 0 Å². The fraction of sp³-hybridized carbons (Fsp3) is 0.429. The van der Waals surface area contributed by atoms with Crippen molar-refractivity contribution in [2.24, 2.45) is 11.8 Å². The first-order chi connectivity index (χ1) is 13.1. The van der Waals surface area contributed by atoms with Crippen molar-refractivity contribution < 1.29 is 5.11 Å². The number of benzene rings is 1. The van der Waals surface area contributed by atoms with Gasteiger partial charge in [0.1, 0.15) is 5.75 Å². The number of aromatic hydroxyl groups is 1. The minimum Gasteiger partial charge on any atom is -0.508 e. The van der Waals surface area contributed by atoms with Crippen LogP contribution in [0.1, 0.15) is 29.2 Å². The van der Waals surface area contributed by atoms with Crippen molar-refractivity contribution in [3.63, 3.8) is 0 Å². The quantitative estimate of drug-likeness (QED) is 0.755. The molecule has 140 valence electrons. The van der Waals surface area contributed by atoms with Gasteiger partial charge < -0.3 is 10.0 Å². The zero-order valence-corrected chi connectivity index (χ0v) is 16.2. The third-order valence-corrected chi connectivity index (χ3v) is 7.14. The smallest absolute Gasteiger partial charge is 0.261 e. The number of phenols is 1. The molecule has 3 unspecified atom stereocenters. The second-order valence-corrected chi connectivity index (χ2v) is 8.78. The number of likely N-dealkylation sites (tertiary alicyclic amines) is 1. The molecule has 5 rings (SSSR count). The molecule has 3 atom stereocenters. The Bertz CT molecular complexity index is 1060. The molecular formula is C21H23N3O2S. The van der Waals surface area contributed by atoms with Crippen LogP contribution in [-0.2, 0) is 6.42 Å². The topological polar surface area (TPSA) is 57.8 Å². The average molecular weight is 382 g/mol. The van der Waals surface area contributed by atoms with Crippen LogP contribution >= 0.6 is 11.3 Å². The van der Waals surface area contributed by atoms with Gasteiger partial charge in [-0.2, -0.15) is 0 Å². The van der Waals surface area contributed by atoms with Crippen LogP contribution in [0.3, 0.4) is 0 Å². The van der Waals surface area contributed by atoms with Crippen molar-refractivity contribution in [1.29, 1.82) is 0 Å². The summed E-state index contributed by atoms with van der Waals surface area (Å²) in [5.41, 5.74) is 3.05. The second kappa shape index (κ2) is 6.46. The molecule has 1 N–H and O–H groups in total. The zero-order chi connectivity index (χ0) is 18.5. The van der Waals surface area contributed by atoms with E-state index in [1.807, 2.05) is 30.6 Å². The summed E-state index contributed by atoms with van der Waals surface area (Å²) < 4.78 is 1.67. The largest absolute Gasteiger partial charge is 0.508 e. The van der Waals surface area contributed by atoms with Crippen molar-refractivity contribution in [3.8, 4) is 5.75 Å². The van der Waals surface area contributed by atoms with Crippen LogP contribution in [-0.4, -0.2) is 39.0 Å². The van der Waals surface area contributed by atoms with Gasteiger partial charge in [0, 0.05) is 42.5 Å². The maximum absolute atomic E-state index is 12.7. The molecule has 0 amide bonds. The Morgan fingerprint density at radius 1 is 1.33 bits per heavy atom.